The van der Waals surface area contributed by atoms with Gasteiger partial charge in [-0.05, 0) is 37.8 Å². The zero-order chi connectivity index (χ0) is 12.0. The van der Waals surface area contributed by atoms with E-state index in [0.717, 1.165) is 19.4 Å². The standard InChI is InChI=1S/C15H23N/c1-5-13-8-7-9-14(6-2)15(13)16-11-10-12(3)4/h7-10,16H,5-6,11H2,1-4H3. The highest BCUT2D eigenvalue weighted by molar-refractivity contribution is 5.58. The summed E-state index contributed by atoms with van der Waals surface area (Å²) in [6, 6.07) is 6.58. The number of benzene rings is 1. The van der Waals surface area contributed by atoms with Crippen LogP contribution in [0.15, 0.2) is 29.8 Å². The molecule has 88 valence electrons. The molecule has 1 N–H and O–H groups in total. The lowest BCUT2D eigenvalue weighted by molar-refractivity contribution is 1.07. The van der Waals surface area contributed by atoms with Gasteiger partial charge >= 0.3 is 0 Å². The van der Waals surface area contributed by atoms with Crippen LogP contribution in [0.5, 0.6) is 0 Å². The van der Waals surface area contributed by atoms with E-state index in [9.17, 15) is 0 Å². The van der Waals surface area contributed by atoms with Gasteiger partial charge in [-0.15, -0.1) is 0 Å². The smallest absolute Gasteiger partial charge is 0.0407 e. The molecule has 0 aromatic heterocycles. The molecule has 16 heavy (non-hydrogen) atoms. The zero-order valence-electron chi connectivity index (χ0n) is 10.9. The molecule has 1 heteroatoms. The summed E-state index contributed by atoms with van der Waals surface area (Å²) in [6.45, 7) is 9.61. The van der Waals surface area contributed by atoms with E-state index in [1.165, 1.54) is 22.4 Å². The predicted molar refractivity (Wildman–Crippen MR) is 73.1 cm³/mol. The van der Waals surface area contributed by atoms with Crippen LogP contribution in [0.25, 0.3) is 0 Å². The summed E-state index contributed by atoms with van der Waals surface area (Å²) in [5.74, 6) is 0. The van der Waals surface area contributed by atoms with Crippen LogP contribution in [0, 0.1) is 0 Å². The van der Waals surface area contributed by atoms with Gasteiger partial charge in [0.25, 0.3) is 0 Å². The minimum Gasteiger partial charge on any atom is -0.381 e. The molecule has 0 aliphatic rings. The van der Waals surface area contributed by atoms with Crippen LogP contribution in [-0.4, -0.2) is 6.54 Å². The van der Waals surface area contributed by atoms with E-state index in [4.69, 9.17) is 0 Å². The molecule has 1 rings (SSSR count). The normalized spacial score (nSPS) is 10.0. The SMILES string of the molecule is CCc1cccc(CC)c1NCC=C(C)C. The fourth-order valence-corrected chi connectivity index (χ4v) is 1.83. The van der Waals surface area contributed by atoms with E-state index < -0.39 is 0 Å². The number of allylic oxidation sites excluding steroid dienone is 1. The number of anilines is 1. The van der Waals surface area contributed by atoms with Gasteiger partial charge < -0.3 is 5.32 Å². The van der Waals surface area contributed by atoms with Gasteiger partial charge in [0.2, 0.25) is 0 Å². The quantitative estimate of drug-likeness (QED) is 0.729. The van der Waals surface area contributed by atoms with Gasteiger partial charge in [0, 0.05) is 12.2 Å². The van der Waals surface area contributed by atoms with Crippen LogP contribution >= 0.6 is 0 Å². The third-order valence-electron chi connectivity index (χ3n) is 2.79. The lowest BCUT2D eigenvalue weighted by Crippen LogP contribution is -2.05. The van der Waals surface area contributed by atoms with Crippen molar-refractivity contribution in [2.75, 3.05) is 11.9 Å². The van der Waals surface area contributed by atoms with E-state index >= 15 is 0 Å². The zero-order valence-corrected chi connectivity index (χ0v) is 10.9. The van der Waals surface area contributed by atoms with E-state index in [1.807, 2.05) is 0 Å². The second kappa shape index (κ2) is 6.37. The Labute approximate surface area is 99.6 Å². The number of para-hydroxylation sites is 1. The van der Waals surface area contributed by atoms with Gasteiger partial charge in [-0.1, -0.05) is 43.7 Å². The molecule has 0 bridgehead atoms. The third-order valence-corrected chi connectivity index (χ3v) is 2.79. The first kappa shape index (κ1) is 12.8. The molecule has 0 atom stereocenters. The van der Waals surface area contributed by atoms with Crippen LogP contribution < -0.4 is 5.32 Å². The summed E-state index contributed by atoms with van der Waals surface area (Å²) >= 11 is 0. The number of hydrogen-bond donors (Lipinski definition) is 1. The minimum atomic E-state index is 0.923. The first-order valence-corrected chi connectivity index (χ1v) is 6.17. The number of nitrogens with one attached hydrogen (secondary N) is 1. The monoisotopic (exact) mass is 217 g/mol. The first-order chi connectivity index (χ1) is 7.69. The van der Waals surface area contributed by atoms with Gasteiger partial charge in [0.1, 0.15) is 0 Å². The molecule has 0 saturated carbocycles. The average molecular weight is 217 g/mol. The molecule has 0 aliphatic heterocycles. The molecular formula is C15H23N. The number of aryl methyl sites for hydroxylation is 2. The number of hydrogen-bond acceptors (Lipinski definition) is 1. The summed E-state index contributed by atoms with van der Waals surface area (Å²) in [4.78, 5) is 0. The van der Waals surface area contributed by atoms with Crippen LogP contribution in [-0.2, 0) is 12.8 Å². The Kier molecular flexibility index (Phi) is 5.10. The topological polar surface area (TPSA) is 12.0 Å². The van der Waals surface area contributed by atoms with Crippen molar-refractivity contribution >= 4 is 5.69 Å². The maximum absolute atomic E-state index is 3.54. The van der Waals surface area contributed by atoms with Crippen molar-refractivity contribution in [2.45, 2.75) is 40.5 Å². The van der Waals surface area contributed by atoms with Crippen molar-refractivity contribution in [1.82, 2.24) is 0 Å². The van der Waals surface area contributed by atoms with Crippen molar-refractivity contribution < 1.29 is 0 Å². The Balaban J connectivity index is 2.86. The summed E-state index contributed by atoms with van der Waals surface area (Å²) in [6.07, 6.45) is 4.40. The van der Waals surface area contributed by atoms with E-state index in [0.29, 0.717) is 0 Å². The molecule has 0 radical (unpaired) electrons. The second-order valence-corrected chi connectivity index (χ2v) is 4.32. The Bertz CT molecular complexity index is 337. The molecular weight excluding hydrogens is 194 g/mol. The lowest BCUT2D eigenvalue weighted by atomic mass is 10.0. The summed E-state index contributed by atoms with van der Waals surface area (Å²) in [5.41, 5.74) is 5.53. The summed E-state index contributed by atoms with van der Waals surface area (Å²) in [7, 11) is 0. The molecule has 0 aliphatic carbocycles. The number of rotatable bonds is 5. The Hall–Kier alpha value is -1.24. The van der Waals surface area contributed by atoms with Crippen molar-refractivity contribution in [3.05, 3.63) is 41.0 Å². The molecule has 0 heterocycles. The molecule has 1 aromatic rings. The largest absolute Gasteiger partial charge is 0.381 e. The van der Waals surface area contributed by atoms with E-state index in [2.05, 4.69) is 57.3 Å². The molecule has 0 spiro atoms. The molecule has 0 fully saturated rings. The van der Waals surface area contributed by atoms with E-state index in [-0.39, 0.29) is 0 Å². The lowest BCUT2D eigenvalue weighted by Gasteiger charge is -2.14. The Morgan fingerprint density at radius 1 is 1.12 bits per heavy atom. The van der Waals surface area contributed by atoms with Gasteiger partial charge in [-0.2, -0.15) is 0 Å². The molecule has 1 aromatic carbocycles. The summed E-state index contributed by atoms with van der Waals surface area (Å²) < 4.78 is 0. The third kappa shape index (κ3) is 3.41. The summed E-state index contributed by atoms with van der Waals surface area (Å²) in [5, 5.41) is 3.54. The minimum absolute atomic E-state index is 0.923. The molecule has 1 nitrogen and oxygen atoms in total. The van der Waals surface area contributed by atoms with Crippen LogP contribution in [0.4, 0.5) is 5.69 Å². The van der Waals surface area contributed by atoms with Crippen LogP contribution in [0.3, 0.4) is 0 Å². The molecule has 0 unspecified atom stereocenters. The highest BCUT2D eigenvalue weighted by Gasteiger charge is 2.04. The van der Waals surface area contributed by atoms with Crippen molar-refractivity contribution in [1.29, 1.82) is 0 Å². The van der Waals surface area contributed by atoms with E-state index in [1.54, 1.807) is 0 Å². The van der Waals surface area contributed by atoms with Crippen molar-refractivity contribution in [3.8, 4) is 0 Å². The highest BCUT2D eigenvalue weighted by atomic mass is 14.9. The Morgan fingerprint density at radius 2 is 1.69 bits per heavy atom. The molecule has 0 amide bonds. The van der Waals surface area contributed by atoms with Gasteiger partial charge in [-0.3, -0.25) is 0 Å². The highest BCUT2D eigenvalue weighted by Crippen LogP contribution is 2.22. The predicted octanol–water partition coefficient (Wildman–Crippen LogP) is 4.19. The van der Waals surface area contributed by atoms with Crippen LogP contribution in [0.1, 0.15) is 38.8 Å². The second-order valence-electron chi connectivity index (χ2n) is 4.32. The molecule has 0 saturated heterocycles. The van der Waals surface area contributed by atoms with Gasteiger partial charge in [0.05, 0.1) is 0 Å². The van der Waals surface area contributed by atoms with Crippen molar-refractivity contribution in [2.24, 2.45) is 0 Å². The Morgan fingerprint density at radius 3 is 2.12 bits per heavy atom. The van der Waals surface area contributed by atoms with Gasteiger partial charge in [0.15, 0.2) is 0 Å². The fourth-order valence-electron chi connectivity index (χ4n) is 1.83. The fraction of sp³-hybridized carbons (Fsp3) is 0.467. The first-order valence-electron chi connectivity index (χ1n) is 6.17. The average Bonchev–Trinajstić information content (AvgIpc) is 2.28. The van der Waals surface area contributed by atoms with Gasteiger partial charge in [-0.25, -0.2) is 0 Å². The maximum Gasteiger partial charge on any atom is 0.0407 e. The maximum atomic E-state index is 3.54. The van der Waals surface area contributed by atoms with Crippen molar-refractivity contribution in [3.63, 3.8) is 0 Å². The van der Waals surface area contributed by atoms with Crippen LogP contribution in [0.2, 0.25) is 0 Å².